The average Bonchev–Trinajstić information content (AvgIpc) is 2.73. The van der Waals surface area contributed by atoms with E-state index in [1.54, 1.807) is 0 Å². The summed E-state index contributed by atoms with van der Waals surface area (Å²) in [6.45, 7) is 5.82. The van der Waals surface area contributed by atoms with Gasteiger partial charge in [-0.05, 0) is 63.6 Å². The van der Waals surface area contributed by atoms with Gasteiger partial charge in [-0.15, -0.1) is 0 Å². The molecule has 16 heavy (non-hydrogen) atoms. The number of hydrogen-bond acceptors (Lipinski definition) is 2. The average molecular weight is 224 g/mol. The predicted octanol–water partition coefficient (Wildman–Crippen LogP) is 2.63. The summed E-state index contributed by atoms with van der Waals surface area (Å²) >= 11 is 0. The first-order valence-corrected chi connectivity index (χ1v) is 7.25. The van der Waals surface area contributed by atoms with E-state index < -0.39 is 0 Å². The van der Waals surface area contributed by atoms with Crippen molar-refractivity contribution < 1.29 is 0 Å². The number of likely N-dealkylation sites (tertiary alicyclic amines) is 1. The first-order valence-electron chi connectivity index (χ1n) is 7.25. The summed E-state index contributed by atoms with van der Waals surface area (Å²) in [5.74, 6) is 1.76. The number of hydrogen-bond donors (Lipinski definition) is 1. The van der Waals surface area contributed by atoms with E-state index in [1.807, 2.05) is 0 Å². The van der Waals surface area contributed by atoms with Gasteiger partial charge in [-0.1, -0.05) is 19.8 Å². The molecule has 3 atom stereocenters. The number of nitrogens with zero attached hydrogens (tertiary/aromatic N) is 1. The fraction of sp³-hybridized carbons (Fsp3) is 1.00. The van der Waals surface area contributed by atoms with E-state index in [-0.39, 0.29) is 0 Å². The number of nitrogens with two attached hydrogens (primary N) is 1. The fourth-order valence-corrected chi connectivity index (χ4v) is 3.54. The maximum Gasteiger partial charge on any atom is 0.0124 e. The lowest BCUT2D eigenvalue weighted by Crippen LogP contribution is -2.35. The van der Waals surface area contributed by atoms with Crippen molar-refractivity contribution in [2.24, 2.45) is 17.6 Å². The third-order valence-electron chi connectivity index (χ3n) is 4.67. The van der Waals surface area contributed by atoms with Crippen molar-refractivity contribution in [3.63, 3.8) is 0 Å². The van der Waals surface area contributed by atoms with Crippen molar-refractivity contribution in [1.29, 1.82) is 0 Å². The van der Waals surface area contributed by atoms with Gasteiger partial charge < -0.3 is 10.6 Å². The van der Waals surface area contributed by atoms with Gasteiger partial charge in [-0.3, -0.25) is 0 Å². The van der Waals surface area contributed by atoms with Crippen LogP contribution in [0.25, 0.3) is 0 Å². The van der Waals surface area contributed by atoms with Crippen LogP contribution in [0.15, 0.2) is 0 Å². The molecule has 0 spiro atoms. The van der Waals surface area contributed by atoms with Crippen LogP contribution in [-0.2, 0) is 0 Å². The Morgan fingerprint density at radius 3 is 2.88 bits per heavy atom. The molecule has 0 bridgehead atoms. The summed E-state index contributed by atoms with van der Waals surface area (Å²) in [6.07, 6.45) is 10.1. The first-order chi connectivity index (χ1) is 7.81. The maximum atomic E-state index is 5.66. The summed E-state index contributed by atoms with van der Waals surface area (Å²) in [5, 5.41) is 0. The lowest BCUT2D eigenvalue weighted by molar-refractivity contribution is 0.178. The lowest BCUT2D eigenvalue weighted by atomic mass is 9.85. The van der Waals surface area contributed by atoms with Crippen LogP contribution in [0.3, 0.4) is 0 Å². The van der Waals surface area contributed by atoms with Crippen LogP contribution in [0.5, 0.6) is 0 Å². The van der Waals surface area contributed by atoms with Crippen molar-refractivity contribution in [3.8, 4) is 0 Å². The molecule has 0 aromatic carbocycles. The highest BCUT2D eigenvalue weighted by atomic mass is 15.2. The molecule has 2 aliphatic rings. The maximum absolute atomic E-state index is 5.66. The second kappa shape index (κ2) is 6.02. The Hall–Kier alpha value is -0.0800. The van der Waals surface area contributed by atoms with Crippen molar-refractivity contribution in [2.75, 3.05) is 19.6 Å². The zero-order chi connectivity index (χ0) is 11.4. The van der Waals surface area contributed by atoms with Crippen LogP contribution in [0, 0.1) is 11.8 Å². The van der Waals surface area contributed by atoms with Gasteiger partial charge in [0.2, 0.25) is 0 Å². The van der Waals surface area contributed by atoms with Gasteiger partial charge >= 0.3 is 0 Å². The van der Waals surface area contributed by atoms with E-state index >= 15 is 0 Å². The monoisotopic (exact) mass is 224 g/mol. The van der Waals surface area contributed by atoms with E-state index in [0.717, 1.165) is 18.5 Å². The highest BCUT2D eigenvalue weighted by Crippen LogP contribution is 2.36. The molecule has 0 amide bonds. The lowest BCUT2D eigenvalue weighted by Gasteiger charge is -2.31. The van der Waals surface area contributed by atoms with Gasteiger partial charge in [0.1, 0.15) is 0 Å². The molecular formula is C14H28N2. The topological polar surface area (TPSA) is 29.3 Å². The molecule has 2 N–H and O–H groups in total. The number of rotatable bonds is 5. The quantitative estimate of drug-likeness (QED) is 0.778. The molecule has 0 radical (unpaired) electrons. The Balaban J connectivity index is 1.69. The second-order valence-corrected chi connectivity index (χ2v) is 5.92. The Labute approximate surface area is 101 Å². The predicted molar refractivity (Wildman–Crippen MR) is 69.4 cm³/mol. The molecule has 1 heterocycles. The van der Waals surface area contributed by atoms with Crippen LogP contribution in [0.2, 0.25) is 0 Å². The standard InChI is InChI=1S/C14H28N2/c1-12(11-15)5-4-9-16-10-8-13-6-2-3-7-14(13)16/h12-14H,2-11,15H2,1H3. The highest BCUT2D eigenvalue weighted by molar-refractivity contribution is 4.89. The van der Waals surface area contributed by atoms with Gasteiger partial charge in [0.25, 0.3) is 0 Å². The van der Waals surface area contributed by atoms with Gasteiger partial charge in [0.15, 0.2) is 0 Å². The van der Waals surface area contributed by atoms with Crippen LogP contribution < -0.4 is 5.73 Å². The highest BCUT2D eigenvalue weighted by Gasteiger charge is 2.34. The van der Waals surface area contributed by atoms with Crippen LogP contribution >= 0.6 is 0 Å². The molecule has 94 valence electrons. The number of fused-ring (bicyclic) bond motifs is 1. The van der Waals surface area contributed by atoms with Crippen molar-refractivity contribution in [1.82, 2.24) is 4.90 Å². The molecule has 2 rings (SSSR count). The van der Waals surface area contributed by atoms with Crippen LogP contribution in [0.4, 0.5) is 0 Å². The zero-order valence-corrected chi connectivity index (χ0v) is 10.8. The Bertz CT molecular complexity index is 205. The van der Waals surface area contributed by atoms with Gasteiger partial charge in [-0.25, -0.2) is 0 Å². The first kappa shape index (κ1) is 12.4. The van der Waals surface area contributed by atoms with Crippen molar-refractivity contribution in [3.05, 3.63) is 0 Å². The Morgan fingerprint density at radius 1 is 1.25 bits per heavy atom. The smallest absolute Gasteiger partial charge is 0.0124 e. The summed E-state index contributed by atoms with van der Waals surface area (Å²) in [4.78, 5) is 2.77. The summed E-state index contributed by atoms with van der Waals surface area (Å²) in [7, 11) is 0. The zero-order valence-electron chi connectivity index (χ0n) is 10.8. The SMILES string of the molecule is CC(CN)CCCN1CCC2CCCCC21. The summed E-state index contributed by atoms with van der Waals surface area (Å²) in [5.41, 5.74) is 5.66. The third kappa shape index (κ3) is 2.98. The molecule has 1 aliphatic carbocycles. The van der Waals surface area contributed by atoms with Crippen molar-refractivity contribution in [2.45, 2.75) is 57.9 Å². The molecule has 3 unspecified atom stereocenters. The molecule has 2 fully saturated rings. The van der Waals surface area contributed by atoms with Crippen LogP contribution in [0.1, 0.15) is 51.9 Å². The van der Waals surface area contributed by atoms with E-state index in [0.29, 0.717) is 5.92 Å². The molecular weight excluding hydrogens is 196 g/mol. The van der Waals surface area contributed by atoms with Gasteiger partial charge in [0, 0.05) is 6.04 Å². The van der Waals surface area contributed by atoms with Gasteiger partial charge in [-0.2, -0.15) is 0 Å². The van der Waals surface area contributed by atoms with E-state index in [2.05, 4.69) is 11.8 Å². The Kier molecular flexibility index (Phi) is 4.66. The molecule has 1 saturated heterocycles. The van der Waals surface area contributed by atoms with Crippen molar-refractivity contribution >= 4 is 0 Å². The largest absolute Gasteiger partial charge is 0.330 e. The molecule has 0 aromatic rings. The van der Waals surface area contributed by atoms with E-state index in [4.69, 9.17) is 5.73 Å². The molecule has 1 aliphatic heterocycles. The molecule has 0 aromatic heterocycles. The van der Waals surface area contributed by atoms with E-state index in [9.17, 15) is 0 Å². The minimum absolute atomic E-state index is 0.713. The molecule has 2 heteroatoms. The van der Waals surface area contributed by atoms with Crippen LogP contribution in [-0.4, -0.2) is 30.6 Å². The Morgan fingerprint density at radius 2 is 2.06 bits per heavy atom. The minimum atomic E-state index is 0.713. The second-order valence-electron chi connectivity index (χ2n) is 5.92. The van der Waals surface area contributed by atoms with Gasteiger partial charge in [0.05, 0.1) is 0 Å². The third-order valence-corrected chi connectivity index (χ3v) is 4.67. The fourth-order valence-electron chi connectivity index (χ4n) is 3.54. The van der Waals surface area contributed by atoms with E-state index in [1.165, 1.54) is 58.0 Å². The normalized spacial score (nSPS) is 32.6. The molecule has 2 nitrogen and oxygen atoms in total. The molecule has 1 saturated carbocycles. The summed E-state index contributed by atoms with van der Waals surface area (Å²) in [6, 6.07) is 0.946. The summed E-state index contributed by atoms with van der Waals surface area (Å²) < 4.78 is 0. The minimum Gasteiger partial charge on any atom is -0.330 e.